The molecular formula is C18H4F34O6S2. The Morgan fingerprint density at radius 1 is 0.267 bits per heavy atom. The molecule has 6 nitrogen and oxygen atoms in total. The minimum atomic E-state index is -9.56. The van der Waals surface area contributed by atoms with Crippen LogP contribution in [0.2, 0.25) is 0 Å². The molecule has 0 aliphatic carbocycles. The molecule has 0 aromatic rings. The van der Waals surface area contributed by atoms with Crippen LogP contribution in [0.25, 0.3) is 0 Å². The molecule has 0 fully saturated rings. The second kappa shape index (κ2) is 14.2. The molecule has 0 aromatic heterocycles. The lowest BCUT2D eigenvalue weighted by Crippen LogP contribution is -2.75. The topological polar surface area (TPSA) is 86.7 Å². The third-order valence-electron chi connectivity index (χ3n) is 6.54. The Labute approximate surface area is 302 Å². The van der Waals surface area contributed by atoms with E-state index in [1.165, 1.54) is 0 Å². The summed E-state index contributed by atoms with van der Waals surface area (Å²) < 4.78 is 503. The van der Waals surface area contributed by atoms with E-state index in [0.717, 1.165) is 0 Å². The Morgan fingerprint density at radius 2 is 0.400 bits per heavy atom. The van der Waals surface area contributed by atoms with Crippen LogP contribution >= 0.6 is 0 Å². The van der Waals surface area contributed by atoms with Gasteiger partial charge in [-0.1, -0.05) is 0 Å². The molecule has 0 unspecified atom stereocenters. The lowest BCUT2D eigenvalue weighted by atomic mass is 9.91. The van der Waals surface area contributed by atoms with Crippen LogP contribution in [0.5, 0.6) is 0 Å². The van der Waals surface area contributed by atoms with Gasteiger partial charge in [-0.15, -0.1) is 0 Å². The van der Waals surface area contributed by atoms with Gasteiger partial charge in [-0.05, 0) is 6.92 Å². The zero-order valence-corrected chi connectivity index (χ0v) is 27.3. The lowest BCUT2D eigenvalue weighted by Gasteiger charge is -2.42. The van der Waals surface area contributed by atoms with Crippen molar-refractivity contribution in [3.63, 3.8) is 0 Å². The van der Waals surface area contributed by atoms with Crippen LogP contribution in [0.3, 0.4) is 0 Å². The highest BCUT2D eigenvalue weighted by Gasteiger charge is 2.98. The molecule has 0 bridgehead atoms. The van der Waals surface area contributed by atoms with Crippen molar-refractivity contribution >= 4 is 20.2 Å². The van der Waals surface area contributed by atoms with Crippen LogP contribution in [0, 0.1) is 0 Å². The van der Waals surface area contributed by atoms with Gasteiger partial charge in [-0.25, -0.2) is 8.37 Å². The standard InChI is InChI=1S/C18H4F34O6S2/c1-2(57-59(53,54)17(49,50)13(39,40)9(31,32)5(23,24)3(19,20)7(27,28)11(35,36)15(43,44)45)58-60(55,56)18(51,52)14(41,42)10(33,34)6(25,26)4(21,22)8(29,30)12(37,38)16(46,47)48/h2H,1H3. The number of rotatable bonds is 18. The summed E-state index contributed by atoms with van der Waals surface area (Å²) in [6.07, 6.45) is -21.6. The van der Waals surface area contributed by atoms with Crippen molar-refractivity contribution in [1.82, 2.24) is 0 Å². The highest BCUT2D eigenvalue weighted by molar-refractivity contribution is 7.88. The van der Waals surface area contributed by atoms with E-state index >= 15 is 0 Å². The van der Waals surface area contributed by atoms with Crippen LogP contribution in [0.1, 0.15) is 6.92 Å². The average molecular weight is 1030 g/mol. The molecule has 0 aromatic carbocycles. The largest absolute Gasteiger partial charge is 0.460 e. The Hall–Kier alpha value is -2.56. The summed E-state index contributed by atoms with van der Waals surface area (Å²) >= 11 is 0. The minimum Gasteiger partial charge on any atom is -0.232 e. The van der Waals surface area contributed by atoms with Gasteiger partial charge < -0.3 is 0 Å². The molecule has 0 saturated heterocycles. The fourth-order valence-electron chi connectivity index (χ4n) is 3.11. The molecule has 0 atom stereocenters. The van der Waals surface area contributed by atoms with Gasteiger partial charge >= 0.3 is 114 Å². The van der Waals surface area contributed by atoms with Gasteiger partial charge in [0.25, 0.3) is 0 Å². The molecule has 0 aliphatic heterocycles. The number of alkyl halides is 34. The number of halogens is 34. The molecule has 0 spiro atoms. The second-order valence-electron chi connectivity index (χ2n) is 10.6. The smallest absolute Gasteiger partial charge is 0.232 e. The van der Waals surface area contributed by atoms with Gasteiger partial charge in [0.05, 0.1) is 0 Å². The summed E-state index contributed by atoms with van der Waals surface area (Å²) in [6, 6.07) is 0. The summed E-state index contributed by atoms with van der Waals surface area (Å²) in [4.78, 5) is 0. The highest BCUT2D eigenvalue weighted by atomic mass is 32.2. The summed E-state index contributed by atoms with van der Waals surface area (Å²) in [5.41, 5.74) is 0. The molecule has 362 valence electrons. The monoisotopic (exact) mass is 1030 g/mol. The fraction of sp³-hybridized carbons (Fsp3) is 1.00. The van der Waals surface area contributed by atoms with E-state index < -0.39 is 127 Å². The van der Waals surface area contributed by atoms with Crippen LogP contribution in [-0.4, -0.2) is 117 Å². The first-order valence-corrected chi connectivity index (χ1v) is 15.2. The van der Waals surface area contributed by atoms with Gasteiger partial charge in [0.15, 0.2) is 6.29 Å². The van der Waals surface area contributed by atoms with Gasteiger partial charge in [-0.3, -0.25) is 0 Å². The SMILES string of the molecule is CC(OS(=O)(=O)C(F)(F)C(F)(F)C(F)(F)C(F)(F)C(F)(F)C(F)(F)C(F)(F)C(F)(F)F)OS(=O)(=O)C(F)(F)C(F)(F)C(F)(F)C(F)(F)C(F)(F)C(F)(F)C(F)(F)C(F)(F)F. The maximum absolute atomic E-state index is 14.0. The third kappa shape index (κ3) is 7.16. The predicted molar refractivity (Wildman–Crippen MR) is 111 cm³/mol. The molecule has 0 saturated carbocycles. The minimum absolute atomic E-state index is 1.26. The van der Waals surface area contributed by atoms with E-state index in [0.29, 0.717) is 0 Å². The van der Waals surface area contributed by atoms with E-state index in [2.05, 4.69) is 8.37 Å². The Morgan fingerprint density at radius 3 is 0.550 bits per heavy atom. The van der Waals surface area contributed by atoms with Crippen molar-refractivity contribution in [3.05, 3.63) is 0 Å². The van der Waals surface area contributed by atoms with E-state index in [1.807, 2.05) is 0 Å². The third-order valence-corrected chi connectivity index (χ3v) is 9.36. The van der Waals surface area contributed by atoms with Crippen molar-refractivity contribution < 1.29 is 174 Å². The van der Waals surface area contributed by atoms with Gasteiger partial charge in [0.2, 0.25) is 0 Å². The van der Waals surface area contributed by atoms with Gasteiger partial charge in [-0.2, -0.15) is 166 Å². The predicted octanol–water partition coefficient (Wildman–Crippen LogP) is 9.96. The zero-order chi connectivity index (χ0) is 50.0. The first-order valence-electron chi connectivity index (χ1n) is 12.4. The van der Waals surface area contributed by atoms with Gasteiger partial charge in [0.1, 0.15) is 0 Å². The molecule has 0 aliphatic rings. The number of hydrogen-bond acceptors (Lipinski definition) is 6. The number of hydrogen-bond donors (Lipinski definition) is 0. The normalized spacial score (nSPS) is 17.1. The first-order chi connectivity index (χ1) is 25.1. The van der Waals surface area contributed by atoms with E-state index in [1.54, 1.807) is 0 Å². The van der Waals surface area contributed by atoms with Gasteiger partial charge in [0, 0.05) is 0 Å². The highest BCUT2D eigenvalue weighted by Crippen LogP contribution is 2.66. The first kappa shape index (κ1) is 57.4. The molecule has 0 rings (SSSR count). The van der Waals surface area contributed by atoms with Crippen LogP contribution in [0.4, 0.5) is 149 Å². The summed E-state index contributed by atoms with van der Waals surface area (Å²) in [7, 11) is -18.3. The van der Waals surface area contributed by atoms with E-state index in [4.69, 9.17) is 0 Å². The van der Waals surface area contributed by atoms with Crippen molar-refractivity contribution in [2.24, 2.45) is 0 Å². The molecule has 42 heteroatoms. The second-order valence-corrected chi connectivity index (χ2v) is 13.8. The summed E-state index contributed by atoms with van der Waals surface area (Å²) in [6.45, 7) is -1.26. The van der Waals surface area contributed by atoms with Crippen molar-refractivity contribution in [1.29, 1.82) is 0 Å². The van der Waals surface area contributed by atoms with E-state index in [9.17, 15) is 166 Å². The maximum Gasteiger partial charge on any atom is 0.460 e. The molecule has 60 heavy (non-hydrogen) atoms. The maximum atomic E-state index is 14.0. The van der Waals surface area contributed by atoms with Crippen LogP contribution in [0.15, 0.2) is 0 Å². The van der Waals surface area contributed by atoms with Crippen LogP contribution < -0.4 is 0 Å². The van der Waals surface area contributed by atoms with E-state index in [-0.39, 0.29) is 0 Å². The molecule has 0 amide bonds. The average Bonchev–Trinajstić information content (AvgIpc) is 2.97. The van der Waals surface area contributed by atoms with Crippen LogP contribution in [-0.2, 0) is 28.6 Å². The fourth-order valence-corrected chi connectivity index (χ4v) is 5.07. The molecular weight excluding hydrogens is 1020 g/mol. The quantitative estimate of drug-likeness (QED) is 0.0773. The lowest BCUT2D eigenvalue weighted by molar-refractivity contribution is -0.458. The molecule has 0 N–H and O–H groups in total. The summed E-state index contributed by atoms with van der Waals surface area (Å²) in [5, 5.41) is -17.7. The van der Waals surface area contributed by atoms with Crippen molar-refractivity contribution in [3.8, 4) is 0 Å². The zero-order valence-electron chi connectivity index (χ0n) is 25.7. The van der Waals surface area contributed by atoms with Crippen molar-refractivity contribution in [2.75, 3.05) is 0 Å². The van der Waals surface area contributed by atoms with Crippen molar-refractivity contribution in [2.45, 2.75) is 107 Å². The Balaban J connectivity index is 7.20. The molecule has 0 heterocycles. The summed E-state index contributed by atoms with van der Waals surface area (Å²) in [5.74, 6) is -112. The molecule has 0 radical (unpaired) electrons. The Kier molecular flexibility index (Phi) is 13.6. The Bertz CT molecular complexity index is 1670.